The third-order valence-electron chi connectivity index (χ3n) is 3.96. The number of nitrogens with zero attached hydrogens (tertiary/aromatic N) is 1. The van der Waals surface area contributed by atoms with Gasteiger partial charge in [-0.2, -0.15) is 0 Å². The molecular weight excluding hydrogens is 431 g/mol. The molecule has 0 aliphatic rings. The van der Waals surface area contributed by atoms with E-state index in [4.69, 9.17) is 21.1 Å². The second-order valence-electron chi connectivity index (χ2n) is 6.26. The first-order valence-electron chi connectivity index (χ1n) is 8.96. The van der Waals surface area contributed by atoms with Crippen LogP contribution < -0.4 is 10.1 Å². The number of esters is 1. The number of hydrogen-bond donors (Lipinski definition) is 1. The largest absolute Gasteiger partial charge is 0.486 e. The number of thiazole rings is 1. The Balaban J connectivity index is 1.45. The fraction of sp³-hybridized carbons (Fsp3) is 0.190. The average Bonchev–Trinajstić information content (AvgIpc) is 3.19. The van der Waals surface area contributed by atoms with Crippen LogP contribution in [0.1, 0.15) is 28.0 Å². The summed E-state index contributed by atoms with van der Waals surface area (Å²) in [6.45, 7) is 1.72. The molecule has 9 heteroatoms. The molecule has 1 amide bonds. The van der Waals surface area contributed by atoms with Crippen LogP contribution in [0.25, 0.3) is 0 Å². The first-order valence-corrected chi connectivity index (χ1v) is 10.2. The Kier molecular flexibility index (Phi) is 7.37. The fourth-order valence-electron chi connectivity index (χ4n) is 2.41. The van der Waals surface area contributed by atoms with E-state index in [0.717, 1.165) is 0 Å². The summed E-state index contributed by atoms with van der Waals surface area (Å²) in [5, 5.41) is 5.30. The average molecular weight is 449 g/mol. The maximum atomic E-state index is 12.9. The Bertz CT molecular complexity index is 1030. The highest BCUT2D eigenvalue weighted by molar-refractivity contribution is 7.09. The molecule has 0 spiro atoms. The number of nitrogens with one attached hydrogen (secondary N) is 1. The van der Waals surface area contributed by atoms with Crippen molar-refractivity contribution >= 4 is 34.8 Å². The molecule has 0 fully saturated rings. The number of carbonyl (C=O) groups excluding carboxylic acids is 2. The van der Waals surface area contributed by atoms with Gasteiger partial charge in [-0.25, -0.2) is 14.2 Å². The van der Waals surface area contributed by atoms with Gasteiger partial charge < -0.3 is 14.8 Å². The minimum atomic E-state index is -0.853. The van der Waals surface area contributed by atoms with Crippen LogP contribution in [0.15, 0.2) is 53.9 Å². The molecule has 6 nitrogen and oxygen atoms in total. The van der Waals surface area contributed by atoms with Crippen LogP contribution >= 0.6 is 22.9 Å². The van der Waals surface area contributed by atoms with Gasteiger partial charge in [-0.1, -0.05) is 23.7 Å². The van der Waals surface area contributed by atoms with Crippen molar-refractivity contribution in [2.24, 2.45) is 0 Å². The van der Waals surface area contributed by atoms with Crippen molar-refractivity contribution in [2.75, 3.05) is 0 Å². The summed E-state index contributed by atoms with van der Waals surface area (Å²) in [7, 11) is 0. The second kappa shape index (κ2) is 10.2. The fourth-order valence-corrected chi connectivity index (χ4v) is 3.32. The molecule has 2 aromatic carbocycles. The van der Waals surface area contributed by atoms with Gasteiger partial charge in [0.1, 0.15) is 35.8 Å². The van der Waals surface area contributed by atoms with Gasteiger partial charge in [0.25, 0.3) is 5.91 Å². The quantitative estimate of drug-likeness (QED) is 0.517. The number of hydrogen-bond acceptors (Lipinski definition) is 6. The van der Waals surface area contributed by atoms with E-state index in [1.807, 2.05) is 0 Å². The van der Waals surface area contributed by atoms with E-state index in [-0.39, 0.29) is 24.6 Å². The summed E-state index contributed by atoms with van der Waals surface area (Å²) < 4.78 is 23.7. The van der Waals surface area contributed by atoms with Gasteiger partial charge in [-0.3, -0.25) is 4.79 Å². The molecule has 1 N–H and O–H groups in total. The first-order chi connectivity index (χ1) is 14.4. The summed E-state index contributed by atoms with van der Waals surface area (Å²) in [5.74, 6) is -0.855. The van der Waals surface area contributed by atoms with Crippen molar-refractivity contribution in [2.45, 2.75) is 26.2 Å². The Morgan fingerprint density at radius 2 is 1.90 bits per heavy atom. The van der Waals surface area contributed by atoms with Gasteiger partial charge in [-0.15, -0.1) is 11.3 Å². The smallest absolute Gasteiger partial charge is 0.328 e. The first kappa shape index (κ1) is 21.7. The number of benzene rings is 2. The van der Waals surface area contributed by atoms with Gasteiger partial charge in [0.05, 0.1) is 16.3 Å². The summed E-state index contributed by atoms with van der Waals surface area (Å²) in [4.78, 5) is 28.7. The minimum Gasteiger partial charge on any atom is -0.486 e. The summed E-state index contributed by atoms with van der Waals surface area (Å²) in [6, 6.07) is 11.4. The monoisotopic (exact) mass is 448 g/mol. The number of carbonyl (C=O) groups is 2. The van der Waals surface area contributed by atoms with Crippen molar-refractivity contribution in [3.63, 3.8) is 0 Å². The van der Waals surface area contributed by atoms with Gasteiger partial charge >= 0.3 is 5.97 Å². The summed E-state index contributed by atoms with van der Waals surface area (Å²) >= 11 is 7.34. The van der Waals surface area contributed by atoms with Crippen molar-refractivity contribution in [1.82, 2.24) is 10.3 Å². The maximum Gasteiger partial charge on any atom is 0.328 e. The van der Waals surface area contributed by atoms with E-state index in [1.54, 1.807) is 29.6 Å². The molecule has 1 aromatic heterocycles. The zero-order chi connectivity index (χ0) is 21.5. The third-order valence-corrected chi connectivity index (χ3v) is 5.16. The second-order valence-corrected chi connectivity index (χ2v) is 7.61. The number of aromatic nitrogens is 1. The molecule has 1 heterocycles. The zero-order valence-corrected chi connectivity index (χ0v) is 17.5. The highest BCUT2D eigenvalue weighted by Crippen LogP contribution is 2.17. The zero-order valence-electron chi connectivity index (χ0n) is 15.9. The molecule has 3 rings (SSSR count). The van der Waals surface area contributed by atoms with Crippen LogP contribution in [0.2, 0.25) is 5.02 Å². The summed E-state index contributed by atoms with van der Waals surface area (Å²) in [5.41, 5.74) is 0.847. The SMILES string of the molecule is C[C@H](NC(=O)c1ccccc1Cl)C(=O)OCc1csc(COc2ccc(F)cc2)n1. The Labute approximate surface area is 181 Å². The lowest BCUT2D eigenvalue weighted by molar-refractivity contribution is -0.146. The standard InChI is InChI=1S/C21H18ClFN2O4S/c1-13(24-20(26)17-4-2-3-5-18(17)22)21(27)29-10-15-12-30-19(25-15)11-28-16-8-6-14(23)7-9-16/h2-9,12-13H,10-11H2,1H3,(H,24,26)/t13-/m0/s1. The van der Waals surface area contributed by atoms with E-state index in [9.17, 15) is 14.0 Å². The molecule has 156 valence electrons. The van der Waals surface area contributed by atoms with Crippen molar-refractivity contribution in [3.8, 4) is 5.75 Å². The molecule has 0 radical (unpaired) electrons. The maximum absolute atomic E-state index is 12.9. The Morgan fingerprint density at radius 3 is 2.63 bits per heavy atom. The molecule has 0 bridgehead atoms. The number of amides is 1. The lowest BCUT2D eigenvalue weighted by Crippen LogP contribution is -2.39. The Morgan fingerprint density at radius 1 is 1.17 bits per heavy atom. The third kappa shape index (κ3) is 6.01. The predicted octanol–water partition coefficient (Wildman–Crippen LogP) is 4.38. The van der Waals surface area contributed by atoms with E-state index >= 15 is 0 Å². The topological polar surface area (TPSA) is 77.5 Å². The minimum absolute atomic E-state index is 0.0296. The van der Waals surface area contributed by atoms with Gasteiger partial charge in [-0.05, 0) is 43.3 Å². The molecule has 0 unspecified atom stereocenters. The highest BCUT2D eigenvalue weighted by Gasteiger charge is 2.19. The van der Waals surface area contributed by atoms with Crippen LogP contribution in [0.4, 0.5) is 4.39 Å². The van der Waals surface area contributed by atoms with E-state index in [1.165, 1.54) is 42.5 Å². The molecular formula is C21H18ClFN2O4S. The van der Waals surface area contributed by atoms with Crippen LogP contribution in [0, 0.1) is 5.82 Å². The van der Waals surface area contributed by atoms with Crippen LogP contribution in [-0.2, 0) is 22.7 Å². The lowest BCUT2D eigenvalue weighted by atomic mass is 10.2. The Hall–Kier alpha value is -2.97. The van der Waals surface area contributed by atoms with Crippen LogP contribution in [-0.4, -0.2) is 22.9 Å². The van der Waals surface area contributed by atoms with Crippen LogP contribution in [0.3, 0.4) is 0 Å². The number of ether oxygens (including phenoxy) is 2. The molecule has 3 aromatic rings. The normalized spacial score (nSPS) is 11.6. The van der Waals surface area contributed by atoms with Gasteiger partial charge in [0.15, 0.2) is 0 Å². The number of rotatable bonds is 8. The summed E-state index contributed by atoms with van der Waals surface area (Å²) in [6.07, 6.45) is 0. The van der Waals surface area contributed by atoms with E-state index < -0.39 is 17.9 Å². The van der Waals surface area contributed by atoms with Gasteiger partial charge in [0.2, 0.25) is 0 Å². The van der Waals surface area contributed by atoms with Crippen molar-refractivity contribution in [3.05, 3.63) is 81.0 Å². The van der Waals surface area contributed by atoms with Crippen molar-refractivity contribution < 1.29 is 23.5 Å². The lowest BCUT2D eigenvalue weighted by Gasteiger charge is -2.13. The molecule has 1 atom stereocenters. The number of halogens is 2. The predicted molar refractivity (Wildman–Crippen MR) is 111 cm³/mol. The highest BCUT2D eigenvalue weighted by atomic mass is 35.5. The van der Waals surface area contributed by atoms with Crippen molar-refractivity contribution in [1.29, 1.82) is 0 Å². The molecule has 0 aliphatic carbocycles. The van der Waals surface area contributed by atoms with E-state index in [0.29, 0.717) is 21.5 Å². The molecule has 0 saturated carbocycles. The molecule has 0 aliphatic heterocycles. The van der Waals surface area contributed by atoms with E-state index in [2.05, 4.69) is 10.3 Å². The van der Waals surface area contributed by atoms with Crippen LogP contribution in [0.5, 0.6) is 5.75 Å². The molecule has 30 heavy (non-hydrogen) atoms. The molecule has 0 saturated heterocycles. The van der Waals surface area contributed by atoms with Gasteiger partial charge in [0, 0.05) is 5.38 Å².